The Balaban J connectivity index is 3.13. The van der Waals surface area contributed by atoms with Gasteiger partial charge in [0.25, 0.3) is 0 Å². The summed E-state index contributed by atoms with van der Waals surface area (Å²) in [5.41, 5.74) is -0.0390. The summed E-state index contributed by atoms with van der Waals surface area (Å²) in [4.78, 5) is 15.3. The predicted octanol–water partition coefficient (Wildman–Crippen LogP) is 1.67. The van der Waals surface area contributed by atoms with Gasteiger partial charge in [0.1, 0.15) is 5.76 Å². The maximum atomic E-state index is 11.0. The second-order valence-electron chi connectivity index (χ2n) is 4.34. The SMILES string of the molecule is COC(C(=O)O)C(C)(C)c1nc(C)c(C)o1. The Morgan fingerprint density at radius 2 is 2.06 bits per heavy atom. The molecule has 16 heavy (non-hydrogen) atoms. The summed E-state index contributed by atoms with van der Waals surface area (Å²) >= 11 is 0. The van der Waals surface area contributed by atoms with Crippen LogP contribution in [0, 0.1) is 13.8 Å². The molecule has 90 valence electrons. The molecular weight excluding hydrogens is 210 g/mol. The first kappa shape index (κ1) is 12.7. The van der Waals surface area contributed by atoms with Gasteiger partial charge in [-0.1, -0.05) is 0 Å². The van der Waals surface area contributed by atoms with Gasteiger partial charge in [0.15, 0.2) is 6.10 Å². The van der Waals surface area contributed by atoms with Crippen LogP contribution in [0.3, 0.4) is 0 Å². The average Bonchev–Trinajstić information content (AvgIpc) is 2.47. The van der Waals surface area contributed by atoms with Crippen molar-refractivity contribution in [2.75, 3.05) is 7.11 Å². The molecule has 1 heterocycles. The number of oxazole rings is 1. The largest absolute Gasteiger partial charge is 0.479 e. The van der Waals surface area contributed by atoms with Gasteiger partial charge < -0.3 is 14.3 Å². The van der Waals surface area contributed by atoms with Crippen molar-refractivity contribution in [1.29, 1.82) is 0 Å². The lowest BCUT2D eigenvalue weighted by Crippen LogP contribution is -2.41. The number of methoxy groups -OCH3 is 1. The van der Waals surface area contributed by atoms with E-state index in [0.717, 1.165) is 5.69 Å². The number of carboxylic acids is 1. The van der Waals surface area contributed by atoms with E-state index in [1.165, 1.54) is 7.11 Å². The van der Waals surface area contributed by atoms with Gasteiger partial charge in [0.2, 0.25) is 5.89 Å². The third kappa shape index (κ3) is 2.09. The molecule has 0 bridgehead atoms. The molecule has 1 atom stereocenters. The van der Waals surface area contributed by atoms with Gasteiger partial charge in [0, 0.05) is 7.11 Å². The van der Waals surface area contributed by atoms with Crippen LogP contribution in [0.5, 0.6) is 0 Å². The molecule has 0 aliphatic rings. The smallest absolute Gasteiger partial charge is 0.333 e. The second kappa shape index (κ2) is 4.25. The molecule has 0 spiro atoms. The van der Waals surface area contributed by atoms with E-state index in [1.54, 1.807) is 20.8 Å². The number of carbonyl (C=O) groups is 1. The van der Waals surface area contributed by atoms with Crippen LogP contribution in [0.1, 0.15) is 31.2 Å². The minimum Gasteiger partial charge on any atom is -0.479 e. The summed E-state index contributed by atoms with van der Waals surface area (Å²) in [7, 11) is 1.36. The molecule has 0 aliphatic carbocycles. The molecule has 0 aliphatic heterocycles. The first-order chi connectivity index (χ1) is 7.30. The molecule has 1 N–H and O–H groups in total. The van der Waals surface area contributed by atoms with Crippen molar-refractivity contribution in [3.63, 3.8) is 0 Å². The number of nitrogens with zero attached hydrogens (tertiary/aromatic N) is 1. The fourth-order valence-electron chi connectivity index (χ4n) is 1.56. The molecule has 1 unspecified atom stereocenters. The van der Waals surface area contributed by atoms with Crippen LogP contribution in [-0.2, 0) is 14.9 Å². The second-order valence-corrected chi connectivity index (χ2v) is 4.34. The van der Waals surface area contributed by atoms with Gasteiger partial charge in [-0.15, -0.1) is 0 Å². The summed E-state index contributed by atoms with van der Waals surface area (Å²) in [5, 5.41) is 9.05. The number of hydrogen-bond donors (Lipinski definition) is 1. The Morgan fingerprint density at radius 1 is 1.50 bits per heavy atom. The highest BCUT2D eigenvalue weighted by Gasteiger charge is 2.41. The van der Waals surface area contributed by atoms with E-state index in [2.05, 4.69) is 4.98 Å². The van der Waals surface area contributed by atoms with Crippen molar-refractivity contribution in [2.24, 2.45) is 0 Å². The summed E-state index contributed by atoms with van der Waals surface area (Å²) < 4.78 is 10.4. The Hall–Kier alpha value is -1.36. The van der Waals surface area contributed by atoms with E-state index in [4.69, 9.17) is 14.3 Å². The molecule has 0 saturated heterocycles. The Kier molecular flexibility index (Phi) is 3.38. The normalized spacial score (nSPS) is 13.8. The van der Waals surface area contributed by atoms with Gasteiger partial charge >= 0.3 is 5.97 Å². The van der Waals surface area contributed by atoms with Gasteiger partial charge in [0.05, 0.1) is 11.1 Å². The first-order valence-electron chi connectivity index (χ1n) is 5.00. The van der Waals surface area contributed by atoms with Crippen molar-refractivity contribution in [1.82, 2.24) is 4.98 Å². The fraction of sp³-hybridized carbons (Fsp3) is 0.636. The lowest BCUT2D eigenvalue weighted by molar-refractivity contribution is -0.153. The van der Waals surface area contributed by atoms with E-state index in [0.29, 0.717) is 11.7 Å². The number of hydrogen-bond acceptors (Lipinski definition) is 4. The van der Waals surface area contributed by atoms with Crippen LogP contribution < -0.4 is 0 Å². The number of ether oxygens (including phenoxy) is 1. The number of aromatic nitrogens is 1. The quantitative estimate of drug-likeness (QED) is 0.847. The van der Waals surface area contributed by atoms with E-state index in [9.17, 15) is 4.79 Å². The molecule has 0 radical (unpaired) electrons. The molecule has 1 aromatic heterocycles. The van der Waals surface area contributed by atoms with E-state index in [-0.39, 0.29) is 0 Å². The Labute approximate surface area is 94.4 Å². The van der Waals surface area contributed by atoms with Crippen molar-refractivity contribution >= 4 is 5.97 Å². The van der Waals surface area contributed by atoms with Crippen LogP contribution >= 0.6 is 0 Å². The van der Waals surface area contributed by atoms with Crippen molar-refractivity contribution < 1.29 is 19.1 Å². The Morgan fingerprint density at radius 3 is 2.38 bits per heavy atom. The predicted molar refractivity (Wildman–Crippen MR) is 57.4 cm³/mol. The van der Waals surface area contributed by atoms with Gasteiger partial charge in [-0.25, -0.2) is 9.78 Å². The maximum absolute atomic E-state index is 11.0. The number of aryl methyl sites for hydroxylation is 2. The molecule has 1 aromatic rings. The van der Waals surface area contributed by atoms with Crippen LogP contribution in [0.4, 0.5) is 0 Å². The first-order valence-corrected chi connectivity index (χ1v) is 5.00. The Bertz CT molecular complexity index is 375. The minimum atomic E-state index is -1.03. The van der Waals surface area contributed by atoms with E-state index in [1.807, 2.05) is 6.92 Å². The van der Waals surface area contributed by atoms with Crippen molar-refractivity contribution in [3.8, 4) is 0 Å². The third-order valence-electron chi connectivity index (χ3n) is 2.70. The monoisotopic (exact) mass is 227 g/mol. The molecule has 5 heteroatoms. The lowest BCUT2D eigenvalue weighted by Gasteiger charge is -2.26. The highest BCUT2D eigenvalue weighted by molar-refractivity contribution is 5.74. The zero-order valence-corrected chi connectivity index (χ0v) is 10.2. The molecule has 0 saturated carbocycles. The number of rotatable bonds is 4. The van der Waals surface area contributed by atoms with Gasteiger partial charge in [-0.2, -0.15) is 0 Å². The van der Waals surface area contributed by atoms with Crippen LogP contribution in [0.2, 0.25) is 0 Å². The lowest BCUT2D eigenvalue weighted by atomic mass is 9.86. The van der Waals surface area contributed by atoms with Gasteiger partial charge in [-0.3, -0.25) is 0 Å². The minimum absolute atomic E-state index is 0.386. The fourth-order valence-corrected chi connectivity index (χ4v) is 1.56. The highest BCUT2D eigenvalue weighted by Crippen LogP contribution is 2.29. The zero-order valence-electron chi connectivity index (χ0n) is 10.2. The maximum Gasteiger partial charge on any atom is 0.333 e. The van der Waals surface area contributed by atoms with Gasteiger partial charge in [-0.05, 0) is 27.7 Å². The average molecular weight is 227 g/mol. The van der Waals surface area contributed by atoms with Crippen molar-refractivity contribution in [3.05, 3.63) is 17.3 Å². The molecule has 0 fully saturated rings. The van der Waals surface area contributed by atoms with Crippen LogP contribution in [0.25, 0.3) is 0 Å². The van der Waals surface area contributed by atoms with Crippen LogP contribution in [0.15, 0.2) is 4.42 Å². The third-order valence-corrected chi connectivity index (χ3v) is 2.70. The molecule has 0 aromatic carbocycles. The molecule has 1 rings (SSSR count). The summed E-state index contributed by atoms with van der Waals surface area (Å²) in [5.74, 6) is 0.0565. The number of aliphatic carboxylic acids is 1. The standard InChI is InChI=1S/C11H17NO4/c1-6-7(2)16-10(12-6)11(3,4)8(15-5)9(13)14/h8H,1-5H3,(H,13,14). The van der Waals surface area contributed by atoms with E-state index < -0.39 is 17.5 Å². The zero-order chi connectivity index (χ0) is 12.5. The van der Waals surface area contributed by atoms with Crippen LogP contribution in [-0.4, -0.2) is 29.3 Å². The summed E-state index contributed by atoms with van der Waals surface area (Å²) in [6, 6.07) is 0. The topological polar surface area (TPSA) is 72.6 Å². The summed E-state index contributed by atoms with van der Waals surface area (Å²) in [6.07, 6.45) is -0.982. The molecule has 0 amide bonds. The van der Waals surface area contributed by atoms with Crippen molar-refractivity contribution in [2.45, 2.75) is 39.2 Å². The van der Waals surface area contributed by atoms with E-state index >= 15 is 0 Å². The molecule has 5 nitrogen and oxygen atoms in total. The number of carboxylic acid groups (broad SMARTS) is 1. The summed E-state index contributed by atoms with van der Waals surface area (Å²) in [6.45, 7) is 7.09. The molecular formula is C11H17NO4. The highest BCUT2D eigenvalue weighted by atomic mass is 16.5.